The molecule has 1 heterocycles. The Morgan fingerprint density at radius 2 is 1.92 bits per heavy atom. The number of Topliss-reactive ketones (excluding diaryl/α,β-unsaturated/α-hetero) is 1. The van der Waals surface area contributed by atoms with Gasteiger partial charge >= 0.3 is 0 Å². The molecule has 2 aromatic carbocycles. The molecule has 0 saturated heterocycles. The highest BCUT2D eigenvalue weighted by Gasteiger charge is 2.13. The summed E-state index contributed by atoms with van der Waals surface area (Å²) < 4.78 is 14.8. The van der Waals surface area contributed by atoms with Crippen LogP contribution in [0, 0.1) is 19.7 Å². The van der Waals surface area contributed by atoms with Crippen LogP contribution in [0.1, 0.15) is 21.5 Å². The molecule has 4 nitrogen and oxygen atoms in total. The normalized spacial score (nSPS) is 10.8. The predicted molar refractivity (Wildman–Crippen MR) is 92.3 cm³/mol. The van der Waals surface area contributed by atoms with E-state index in [2.05, 4.69) is 16.3 Å². The first-order chi connectivity index (χ1) is 11.5. The van der Waals surface area contributed by atoms with Gasteiger partial charge in [0.1, 0.15) is 12.1 Å². The van der Waals surface area contributed by atoms with E-state index in [9.17, 15) is 9.18 Å². The highest BCUT2D eigenvalue weighted by Crippen LogP contribution is 2.23. The lowest BCUT2D eigenvalue weighted by molar-refractivity contribution is 0.102. The molecule has 0 unspecified atom stereocenters. The molecule has 6 heteroatoms. The second-order valence-corrected chi connectivity index (χ2v) is 6.43. The number of thioether (sulfide) groups is 1. The lowest BCUT2D eigenvalue weighted by atomic mass is 10.1. The van der Waals surface area contributed by atoms with Gasteiger partial charge in [0, 0.05) is 5.56 Å². The molecule has 0 spiro atoms. The number of hydrogen-bond donors (Lipinski definition) is 0. The smallest absolute Gasteiger partial charge is 0.196 e. The largest absolute Gasteiger partial charge is 0.293 e. The maximum atomic E-state index is 12.9. The van der Waals surface area contributed by atoms with Gasteiger partial charge in [0.15, 0.2) is 10.9 Å². The molecule has 3 aromatic rings. The fourth-order valence-corrected chi connectivity index (χ4v) is 3.23. The van der Waals surface area contributed by atoms with Crippen molar-refractivity contribution in [1.29, 1.82) is 0 Å². The Morgan fingerprint density at radius 3 is 2.62 bits per heavy atom. The Balaban J connectivity index is 1.76. The Bertz CT molecular complexity index is 874. The SMILES string of the molecule is Cc1ccc(-n2cnnc2SCC(=O)c2ccc(F)cc2)c(C)c1. The van der Waals surface area contributed by atoms with E-state index in [1.807, 2.05) is 30.5 Å². The molecule has 0 amide bonds. The van der Waals surface area contributed by atoms with Crippen LogP contribution in [0.3, 0.4) is 0 Å². The Morgan fingerprint density at radius 1 is 1.17 bits per heavy atom. The van der Waals surface area contributed by atoms with Crippen molar-refractivity contribution >= 4 is 17.5 Å². The first kappa shape index (κ1) is 16.4. The van der Waals surface area contributed by atoms with E-state index >= 15 is 0 Å². The zero-order chi connectivity index (χ0) is 17.1. The number of halogens is 1. The molecule has 0 fully saturated rings. The van der Waals surface area contributed by atoms with Crippen LogP contribution in [-0.2, 0) is 0 Å². The second kappa shape index (κ2) is 6.97. The number of hydrogen-bond acceptors (Lipinski definition) is 4. The van der Waals surface area contributed by atoms with Gasteiger partial charge in [-0.3, -0.25) is 9.36 Å². The van der Waals surface area contributed by atoms with Crippen LogP contribution in [0.15, 0.2) is 53.9 Å². The molecule has 0 bridgehead atoms. The summed E-state index contributed by atoms with van der Waals surface area (Å²) in [5.74, 6) is -0.209. The third kappa shape index (κ3) is 3.54. The summed E-state index contributed by atoms with van der Waals surface area (Å²) in [7, 11) is 0. The van der Waals surface area contributed by atoms with Crippen LogP contribution < -0.4 is 0 Å². The molecular formula is C18H16FN3OS. The summed E-state index contributed by atoms with van der Waals surface area (Å²) in [6.07, 6.45) is 1.64. The van der Waals surface area contributed by atoms with Crippen molar-refractivity contribution in [3.8, 4) is 5.69 Å². The average molecular weight is 341 g/mol. The standard InChI is InChI=1S/C18H16FN3OS/c1-12-3-8-16(13(2)9-12)22-11-20-21-18(22)24-10-17(23)14-4-6-15(19)7-5-14/h3-9,11H,10H2,1-2H3. The van der Waals surface area contributed by atoms with Gasteiger partial charge in [-0.25, -0.2) is 4.39 Å². The third-order valence-electron chi connectivity index (χ3n) is 3.63. The number of aromatic nitrogens is 3. The van der Waals surface area contributed by atoms with Gasteiger partial charge in [0.05, 0.1) is 11.4 Å². The number of nitrogens with zero attached hydrogens (tertiary/aromatic N) is 3. The van der Waals surface area contributed by atoms with E-state index in [-0.39, 0.29) is 17.4 Å². The van der Waals surface area contributed by atoms with Gasteiger partial charge < -0.3 is 0 Å². The first-order valence-electron chi connectivity index (χ1n) is 7.44. The van der Waals surface area contributed by atoms with Gasteiger partial charge in [-0.1, -0.05) is 29.5 Å². The Labute approximate surface area is 143 Å². The average Bonchev–Trinajstić information content (AvgIpc) is 3.01. The van der Waals surface area contributed by atoms with E-state index in [0.717, 1.165) is 11.3 Å². The summed E-state index contributed by atoms with van der Waals surface area (Å²) >= 11 is 1.31. The topological polar surface area (TPSA) is 47.8 Å². The minimum absolute atomic E-state index is 0.0739. The molecule has 122 valence electrons. The molecule has 1 aromatic heterocycles. The van der Waals surface area contributed by atoms with Gasteiger partial charge in [0.25, 0.3) is 0 Å². The van der Waals surface area contributed by atoms with E-state index in [0.29, 0.717) is 10.7 Å². The zero-order valence-electron chi connectivity index (χ0n) is 13.4. The summed E-state index contributed by atoms with van der Waals surface area (Å²) in [6.45, 7) is 4.07. The van der Waals surface area contributed by atoms with Crippen molar-refractivity contribution in [3.63, 3.8) is 0 Å². The molecule has 0 N–H and O–H groups in total. The van der Waals surface area contributed by atoms with Crippen LogP contribution >= 0.6 is 11.8 Å². The highest BCUT2D eigenvalue weighted by molar-refractivity contribution is 7.99. The third-order valence-corrected chi connectivity index (χ3v) is 4.57. The van der Waals surface area contributed by atoms with Gasteiger partial charge in [-0.2, -0.15) is 0 Å². The lowest BCUT2D eigenvalue weighted by Gasteiger charge is -2.10. The quantitative estimate of drug-likeness (QED) is 0.520. The molecular weight excluding hydrogens is 325 g/mol. The fraction of sp³-hybridized carbons (Fsp3) is 0.167. The van der Waals surface area contributed by atoms with Gasteiger partial charge in [-0.15, -0.1) is 10.2 Å². The summed E-state index contributed by atoms with van der Waals surface area (Å²) in [5, 5.41) is 8.71. The molecule has 24 heavy (non-hydrogen) atoms. The van der Waals surface area contributed by atoms with Gasteiger partial charge in [-0.05, 0) is 49.7 Å². The van der Waals surface area contributed by atoms with E-state index < -0.39 is 0 Å². The maximum Gasteiger partial charge on any atom is 0.196 e. The van der Waals surface area contributed by atoms with Gasteiger partial charge in [0.2, 0.25) is 0 Å². The minimum Gasteiger partial charge on any atom is -0.293 e. The number of benzene rings is 2. The number of carbonyl (C=O) groups is 1. The number of carbonyl (C=O) groups excluding carboxylic acids is 1. The van der Waals surface area contributed by atoms with Crippen LogP contribution in [0.2, 0.25) is 0 Å². The molecule has 0 saturated carbocycles. The Kier molecular flexibility index (Phi) is 4.76. The van der Waals surface area contributed by atoms with Crippen molar-refractivity contribution in [2.45, 2.75) is 19.0 Å². The predicted octanol–water partition coefficient (Wildman–Crippen LogP) is 4.00. The molecule has 3 rings (SSSR count). The van der Waals surface area contributed by atoms with E-state index in [1.54, 1.807) is 6.33 Å². The minimum atomic E-state index is -0.353. The van der Waals surface area contributed by atoms with Crippen molar-refractivity contribution in [2.75, 3.05) is 5.75 Å². The maximum absolute atomic E-state index is 12.9. The number of rotatable bonds is 5. The molecule has 0 aliphatic heterocycles. The lowest BCUT2D eigenvalue weighted by Crippen LogP contribution is -2.04. The number of ketones is 1. The second-order valence-electron chi connectivity index (χ2n) is 5.49. The summed E-state index contributed by atoms with van der Waals surface area (Å²) in [4.78, 5) is 12.2. The fourth-order valence-electron chi connectivity index (χ4n) is 2.41. The van der Waals surface area contributed by atoms with Crippen molar-refractivity contribution in [3.05, 3.63) is 71.3 Å². The molecule has 0 radical (unpaired) electrons. The van der Waals surface area contributed by atoms with E-state index in [1.165, 1.54) is 41.6 Å². The van der Waals surface area contributed by atoms with Crippen molar-refractivity contribution in [2.24, 2.45) is 0 Å². The monoisotopic (exact) mass is 341 g/mol. The zero-order valence-corrected chi connectivity index (χ0v) is 14.2. The Hall–Kier alpha value is -2.47. The van der Waals surface area contributed by atoms with Crippen LogP contribution in [0.5, 0.6) is 0 Å². The van der Waals surface area contributed by atoms with Crippen LogP contribution in [-0.4, -0.2) is 26.3 Å². The van der Waals surface area contributed by atoms with Crippen molar-refractivity contribution < 1.29 is 9.18 Å². The summed E-state index contributed by atoms with van der Waals surface area (Å²) in [6, 6.07) is 11.7. The summed E-state index contributed by atoms with van der Waals surface area (Å²) in [5.41, 5.74) is 3.77. The van der Waals surface area contributed by atoms with Crippen molar-refractivity contribution in [1.82, 2.24) is 14.8 Å². The highest BCUT2D eigenvalue weighted by atomic mass is 32.2. The van der Waals surface area contributed by atoms with E-state index in [4.69, 9.17) is 0 Å². The van der Waals surface area contributed by atoms with Crippen LogP contribution in [0.4, 0.5) is 4.39 Å². The van der Waals surface area contributed by atoms with Crippen LogP contribution in [0.25, 0.3) is 5.69 Å². The number of aryl methyl sites for hydroxylation is 2. The molecule has 0 aliphatic rings. The molecule has 0 atom stereocenters. The first-order valence-corrected chi connectivity index (χ1v) is 8.42. The molecule has 0 aliphatic carbocycles.